The van der Waals surface area contributed by atoms with Crippen LogP contribution in [-0.4, -0.2) is 53.3 Å². The van der Waals surface area contributed by atoms with Gasteiger partial charge in [-0.05, 0) is 26.8 Å². The molecule has 1 unspecified atom stereocenters. The first-order valence-corrected chi connectivity index (χ1v) is 8.03. The molecule has 1 fully saturated rings. The Bertz CT molecular complexity index is 711. The van der Waals surface area contributed by atoms with Crippen LogP contribution in [0.25, 0.3) is 0 Å². The minimum absolute atomic E-state index is 0.0738. The van der Waals surface area contributed by atoms with Gasteiger partial charge in [0.15, 0.2) is 11.8 Å². The number of anilines is 1. The van der Waals surface area contributed by atoms with Crippen molar-refractivity contribution in [3.8, 4) is 6.07 Å². The lowest BCUT2D eigenvalue weighted by Gasteiger charge is -2.33. The molecule has 0 spiro atoms. The molecule has 0 bridgehead atoms. The summed E-state index contributed by atoms with van der Waals surface area (Å²) >= 11 is 5.89. The molecule has 2 amide bonds. The van der Waals surface area contributed by atoms with E-state index in [0.717, 1.165) is 0 Å². The standard InChI is InChI=1S/C16H19ClN4O4/c1-16(2,3)25-15(23)21-4-5-24-13(9-21)14(22)20-10-6-11(17)12(7-18)19-8-10/h6,8,13H,4-5,9H2,1-3H3,(H,20,22). The molecule has 0 radical (unpaired) electrons. The van der Waals surface area contributed by atoms with Crippen molar-refractivity contribution in [2.75, 3.05) is 25.0 Å². The second-order valence-electron chi connectivity index (χ2n) is 6.44. The largest absolute Gasteiger partial charge is 0.444 e. The van der Waals surface area contributed by atoms with Crippen molar-refractivity contribution in [2.24, 2.45) is 0 Å². The van der Waals surface area contributed by atoms with E-state index in [1.54, 1.807) is 20.8 Å². The second-order valence-corrected chi connectivity index (χ2v) is 6.85. The summed E-state index contributed by atoms with van der Waals surface area (Å²) in [5.74, 6) is -0.434. The molecular weight excluding hydrogens is 348 g/mol. The molecule has 25 heavy (non-hydrogen) atoms. The summed E-state index contributed by atoms with van der Waals surface area (Å²) in [6, 6.07) is 3.27. The Morgan fingerprint density at radius 1 is 1.52 bits per heavy atom. The molecular formula is C16H19ClN4O4. The Morgan fingerprint density at radius 3 is 2.84 bits per heavy atom. The van der Waals surface area contributed by atoms with E-state index < -0.39 is 23.7 Å². The SMILES string of the molecule is CC(C)(C)OC(=O)N1CCOC(C(=O)Nc2cnc(C#N)c(Cl)c2)C1. The molecule has 134 valence electrons. The maximum absolute atomic E-state index is 12.3. The van der Waals surface area contributed by atoms with E-state index in [9.17, 15) is 9.59 Å². The summed E-state index contributed by atoms with van der Waals surface area (Å²) in [4.78, 5) is 29.7. The Morgan fingerprint density at radius 2 is 2.24 bits per heavy atom. The molecule has 0 saturated carbocycles. The predicted molar refractivity (Wildman–Crippen MR) is 90.1 cm³/mol. The van der Waals surface area contributed by atoms with Gasteiger partial charge < -0.3 is 19.7 Å². The van der Waals surface area contributed by atoms with Crippen molar-refractivity contribution < 1.29 is 19.1 Å². The zero-order chi connectivity index (χ0) is 18.6. The van der Waals surface area contributed by atoms with Crippen molar-refractivity contribution in [1.82, 2.24) is 9.88 Å². The van der Waals surface area contributed by atoms with Crippen LogP contribution < -0.4 is 5.32 Å². The fourth-order valence-electron chi connectivity index (χ4n) is 2.11. The molecule has 1 aromatic heterocycles. The van der Waals surface area contributed by atoms with Crippen molar-refractivity contribution in [1.29, 1.82) is 5.26 Å². The molecule has 9 heteroatoms. The van der Waals surface area contributed by atoms with E-state index in [4.69, 9.17) is 26.3 Å². The van der Waals surface area contributed by atoms with Crippen LogP contribution in [0.4, 0.5) is 10.5 Å². The number of hydrogen-bond donors (Lipinski definition) is 1. The third kappa shape index (κ3) is 5.31. The number of nitriles is 1. The van der Waals surface area contributed by atoms with Crippen molar-refractivity contribution >= 4 is 29.3 Å². The van der Waals surface area contributed by atoms with Gasteiger partial charge in [0, 0.05) is 6.54 Å². The number of morpholine rings is 1. The summed E-state index contributed by atoms with van der Waals surface area (Å²) in [6.07, 6.45) is 0.00365. The topological polar surface area (TPSA) is 105 Å². The lowest BCUT2D eigenvalue weighted by molar-refractivity contribution is -0.132. The fourth-order valence-corrected chi connectivity index (χ4v) is 2.32. The van der Waals surface area contributed by atoms with Crippen molar-refractivity contribution in [3.05, 3.63) is 23.0 Å². The molecule has 8 nitrogen and oxygen atoms in total. The van der Waals surface area contributed by atoms with Crippen LogP contribution in [0.3, 0.4) is 0 Å². The molecule has 2 rings (SSSR count). The number of aromatic nitrogens is 1. The summed E-state index contributed by atoms with van der Waals surface area (Å²) < 4.78 is 10.7. The highest BCUT2D eigenvalue weighted by molar-refractivity contribution is 6.31. The summed E-state index contributed by atoms with van der Waals surface area (Å²) in [7, 11) is 0. The van der Waals surface area contributed by atoms with Crippen molar-refractivity contribution in [2.45, 2.75) is 32.5 Å². The lowest BCUT2D eigenvalue weighted by atomic mass is 10.2. The average Bonchev–Trinajstić information content (AvgIpc) is 2.53. The highest BCUT2D eigenvalue weighted by Crippen LogP contribution is 2.19. The third-order valence-corrected chi connectivity index (χ3v) is 3.51. The Balaban J connectivity index is 1.99. The Hall–Kier alpha value is -2.37. The number of ether oxygens (including phenoxy) is 2. The maximum Gasteiger partial charge on any atom is 0.410 e. The zero-order valence-corrected chi connectivity index (χ0v) is 15.0. The molecule has 1 saturated heterocycles. The summed E-state index contributed by atoms with van der Waals surface area (Å²) in [5.41, 5.74) is -0.199. The average molecular weight is 367 g/mol. The van der Waals surface area contributed by atoms with Crippen LogP contribution in [0.1, 0.15) is 26.5 Å². The van der Waals surface area contributed by atoms with E-state index in [1.807, 2.05) is 6.07 Å². The van der Waals surface area contributed by atoms with Gasteiger partial charge >= 0.3 is 6.09 Å². The van der Waals surface area contributed by atoms with E-state index in [-0.39, 0.29) is 23.9 Å². The van der Waals surface area contributed by atoms with Crippen LogP contribution in [0.2, 0.25) is 5.02 Å². The summed E-state index contributed by atoms with van der Waals surface area (Å²) in [6.45, 7) is 5.98. The van der Waals surface area contributed by atoms with Crippen LogP contribution in [-0.2, 0) is 14.3 Å². The van der Waals surface area contributed by atoms with Crippen LogP contribution in [0.15, 0.2) is 12.3 Å². The van der Waals surface area contributed by atoms with E-state index in [2.05, 4.69) is 10.3 Å². The highest BCUT2D eigenvalue weighted by atomic mass is 35.5. The number of nitrogens with one attached hydrogen (secondary N) is 1. The molecule has 1 aliphatic heterocycles. The number of nitrogens with zero attached hydrogens (tertiary/aromatic N) is 3. The smallest absolute Gasteiger partial charge is 0.410 e. The van der Waals surface area contributed by atoms with Crippen LogP contribution >= 0.6 is 11.6 Å². The van der Waals surface area contributed by atoms with Gasteiger partial charge in [-0.1, -0.05) is 11.6 Å². The number of rotatable bonds is 2. The molecule has 1 N–H and O–H groups in total. The molecule has 0 aliphatic carbocycles. The van der Waals surface area contributed by atoms with Gasteiger partial charge in [0.2, 0.25) is 0 Å². The number of hydrogen-bond acceptors (Lipinski definition) is 6. The molecule has 2 heterocycles. The van der Waals surface area contributed by atoms with Gasteiger partial charge in [0.25, 0.3) is 5.91 Å². The van der Waals surface area contributed by atoms with Crippen LogP contribution in [0, 0.1) is 11.3 Å². The van der Waals surface area contributed by atoms with Gasteiger partial charge in [0.1, 0.15) is 11.7 Å². The fraction of sp³-hybridized carbons (Fsp3) is 0.500. The molecule has 1 atom stereocenters. The predicted octanol–water partition coefficient (Wildman–Crippen LogP) is 2.18. The van der Waals surface area contributed by atoms with Gasteiger partial charge in [-0.25, -0.2) is 9.78 Å². The first kappa shape index (κ1) is 19.0. The molecule has 1 aromatic rings. The first-order chi connectivity index (χ1) is 11.7. The lowest BCUT2D eigenvalue weighted by Crippen LogP contribution is -2.51. The molecule has 0 aromatic carbocycles. The second kappa shape index (κ2) is 7.68. The van der Waals surface area contributed by atoms with Gasteiger partial charge in [-0.3, -0.25) is 4.79 Å². The number of halogens is 1. The van der Waals surface area contributed by atoms with Gasteiger partial charge in [-0.2, -0.15) is 5.26 Å². The normalized spacial score (nSPS) is 17.6. The van der Waals surface area contributed by atoms with Crippen LogP contribution in [0.5, 0.6) is 0 Å². The highest BCUT2D eigenvalue weighted by Gasteiger charge is 2.31. The summed E-state index contributed by atoms with van der Waals surface area (Å²) in [5, 5.41) is 11.6. The minimum atomic E-state index is -0.837. The minimum Gasteiger partial charge on any atom is -0.444 e. The van der Waals surface area contributed by atoms with E-state index in [1.165, 1.54) is 17.2 Å². The quantitative estimate of drug-likeness (QED) is 0.860. The number of carbonyl (C=O) groups is 2. The maximum atomic E-state index is 12.3. The van der Waals surface area contributed by atoms with Gasteiger partial charge in [0.05, 0.1) is 30.1 Å². The van der Waals surface area contributed by atoms with Crippen molar-refractivity contribution in [3.63, 3.8) is 0 Å². The third-order valence-electron chi connectivity index (χ3n) is 3.23. The number of carbonyl (C=O) groups excluding carboxylic acids is 2. The van der Waals surface area contributed by atoms with Gasteiger partial charge in [-0.15, -0.1) is 0 Å². The Kier molecular flexibility index (Phi) is 5.82. The Labute approximate surface area is 150 Å². The number of pyridine rings is 1. The monoisotopic (exact) mass is 366 g/mol. The zero-order valence-electron chi connectivity index (χ0n) is 14.2. The van der Waals surface area contributed by atoms with E-state index in [0.29, 0.717) is 12.2 Å². The number of amides is 2. The van der Waals surface area contributed by atoms with E-state index >= 15 is 0 Å². The molecule has 1 aliphatic rings. The first-order valence-electron chi connectivity index (χ1n) is 7.65.